The number of unbranched alkanes of at least 4 members (excludes halogenated alkanes) is 6. The van der Waals surface area contributed by atoms with Crippen molar-refractivity contribution in [3.8, 4) is 0 Å². The first-order chi connectivity index (χ1) is 8.24. The molecular formula is C14H23ClOS. The highest BCUT2D eigenvalue weighted by Gasteiger charge is 2.09. The Labute approximate surface area is 114 Å². The molecule has 0 amide bonds. The molecule has 1 heterocycles. The fraction of sp³-hybridized carbons (Fsp3) is 0.714. The SMILES string of the molecule is CCCCCCCCCC(O)c1cc(Cl)cs1. The molecule has 3 heteroatoms. The third kappa shape index (κ3) is 6.44. The van der Waals surface area contributed by atoms with Crippen LogP contribution < -0.4 is 0 Å². The summed E-state index contributed by atoms with van der Waals surface area (Å²) in [4.78, 5) is 1.00. The van der Waals surface area contributed by atoms with Gasteiger partial charge in [-0.25, -0.2) is 0 Å². The summed E-state index contributed by atoms with van der Waals surface area (Å²) in [5.41, 5.74) is 0. The van der Waals surface area contributed by atoms with Crippen molar-refractivity contribution in [1.29, 1.82) is 0 Å². The molecule has 0 aliphatic rings. The second kappa shape index (κ2) is 8.96. The van der Waals surface area contributed by atoms with Gasteiger partial charge in [0.15, 0.2) is 0 Å². The predicted molar refractivity (Wildman–Crippen MR) is 76.9 cm³/mol. The number of hydrogen-bond acceptors (Lipinski definition) is 2. The Kier molecular flexibility index (Phi) is 7.91. The number of rotatable bonds is 9. The summed E-state index contributed by atoms with van der Waals surface area (Å²) < 4.78 is 0. The first kappa shape index (κ1) is 15.0. The lowest BCUT2D eigenvalue weighted by molar-refractivity contribution is 0.167. The maximum Gasteiger partial charge on any atom is 0.0882 e. The Balaban J connectivity index is 2.03. The zero-order valence-electron chi connectivity index (χ0n) is 10.6. The Morgan fingerprint density at radius 3 is 2.41 bits per heavy atom. The summed E-state index contributed by atoms with van der Waals surface area (Å²) in [6.45, 7) is 2.24. The van der Waals surface area contributed by atoms with Crippen LogP contribution in [0.1, 0.15) is 69.3 Å². The first-order valence-electron chi connectivity index (χ1n) is 6.66. The molecule has 98 valence electrons. The molecule has 0 saturated heterocycles. The van der Waals surface area contributed by atoms with Crippen LogP contribution in [-0.2, 0) is 0 Å². The maximum absolute atomic E-state index is 9.93. The van der Waals surface area contributed by atoms with Gasteiger partial charge in [-0.2, -0.15) is 0 Å². The second-order valence-electron chi connectivity index (χ2n) is 4.59. The highest BCUT2D eigenvalue weighted by atomic mass is 35.5. The molecule has 1 nitrogen and oxygen atoms in total. The molecule has 0 bridgehead atoms. The Morgan fingerprint density at radius 2 is 1.82 bits per heavy atom. The van der Waals surface area contributed by atoms with E-state index in [1.807, 2.05) is 11.4 Å². The van der Waals surface area contributed by atoms with Gasteiger partial charge >= 0.3 is 0 Å². The van der Waals surface area contributed by atoms with Crippen LogP contribution in [-0.4, -0.2) is 5.11 Å². The maximum atomic E-state index is 9.93. The molecule has 0 radical (unpaired) electrons. The van der Waals surface area contributed by atoms with E-state index in [0.717, 1.165) is 22.7 Å². The highest BCUT2D eigenvalue weighted by molar-refractivity contribution is 7.10. The van der Waals surface area contributed by atoms with Crippen molar-refractivity contribution < 1.29 is 5.11 Å². The summed E-state index contributed by atoms with van der Waals surface area (Å²) in [6, 6.07) is 1.87. The van der Waals surface area contributed by atoms with E-state index in [0.29, 0.717) is 0 Å². The van der Waals surface area contributed by atoms with E-state index in [2.05, 4.69) is 6.92 Å². The van der Waals surface area contributed by atoms with Crippen molar-refractivity contribution in [3.63, 3.8) is 0 Å². The van der Waals surface area contributed by atoms with Gasteiger partial charge in [-0.3, -0.25) is 0 Å². The molecule has 1 unspecified atom stereocenters. The van der Waals surface area contributed by atoms with Crippen molar-refractivity contribution in [3.05, 3.63) is 21.3 Å². The topological polar surface area (TPSA) is 20.2 Å². The molecule has 0 aromatic carbocycles. The average molecular weight is 275 g/mol. The van der Waals surface area contributed by atoms with Crippen LogP contribution in [0.15, 0.2) is 11.4 Å². The molecule has 1 N–H and O–H groups in total. The number of halogens is 1. The second-order valence-corrected chi connectivity index (χ2v) is 5.97. The van der Waals surface area contributed by atoms with Crippen molar-refractivity contribution in [1.82, 2.24) is 0 Å². The van der Waals surface area contributed by atoms with Crippen molar-refractivity contribution in [2.45, 2.75) is 64.4 Å². The summed E-state index contributed by atoms with van der Waals surface area (Å²) >= 11 is 7.39. The molecule has 0 saturated carbocycles. The number of thiophene rings is 1. The zero-order valence-corrected chi connectivity index (χ0v) is 12.2. The molecule has 1 atom stereocenters. The minimum atomic E-state index is -0.317. The van der Waals surface area contributed by atoms with Crippen LogP contribution in [0, 0.1) is 0 Å². The van der Waals surface area contributed by atoms with Gasteiger partial charge in [0.2, 0.25) is 0 Å². The van der Waals surface area contributed by atoms with Gasteiger partial charge in [-0.1, -0.05) is 63.5 Å². The van der Waals surface area contributed by atoms with Crippen LogP contribution in [0.25, 0.3) is 0 Å². The third-order valence-electron chi connectivity index (χ3n) is 3.00. The predicted octanol–water partition coefficient (Wildman–Crippen LogP) is 5.58. The summed E-state index contributed by atoms with van der Waals surface area (Å²) in [6.07, 6.45) is 9.57. The van der Waals surface area contributed by atoms with Gasteiger partial charge in [-0.05, 0) is 12.5 Å². The lowest BCUT2D eigenvalue weighted by Crippen LogP contribution is -1.94. The van der Waals surface area contributed by atoms with Crippen LogP contribution in [0.5, 0.6) is 0 Å². The number of aliphatic hydroxyl groups is 1. The normalized spacial score (nSPS) is 12.9. The van der Waals surface area contributed by atoms with Gasteiger partial charge in [0, 0.05) is 10.3 Å². The molecule has 1 aromatic rings. The molecule has 0 aliphatic carbocycles. The average Bonchev–Trinajstić information content (AvgIpc) is 2.74. The molecule has 1 rings (SSSR count). The smallest absolute Gasteiger partial charge is 0.0882 e. The van der Waals surface area contributed by atoms with Gasteiger partial charge in [-0.15, -0.1) is 11.3 Å². The summed E-state index contributed by atoms with van der Waals surface area (Å²) in [5, 5.41) is 12.5. The highest BCUT2D eigenvalue weighted by Crippen LogP contribution is 2.28. The zero-order chi connectivity index (χ0) is 12.5. The number of aliphatic hydroxyl groups excluding tert-OH is 1. The van der Waals surface area contributed by atoms with Gasteiger partial charge in [0.1, 0.15) is 0 Å². The Morgan fingerprint density at radius 1 is 1.18 bits per heavy atom. The minimum absolute atomic E-state index is 0.317. The summed E-state index contributed by atoms with van der Waals surface area (Å²) in [7, 11) is 0. The van der Waals surface area contributed by atoms with E-state index in [1.165, 1.54) is 38.5 Å². The Bertz CT molecular complexity index is 298. The van der Waals surface area contributed by atoms with Crippen molar-refractivity contribution in [2.75, 3.05) is 0 Å². The number of hydrogen-bond donors (Lipinski definition) is 1. The molecule has 0 spiro atoms. The van der Waals surface area contributed by atoms with Crippen LogP contribution in [0.4, 0.5) is 0 Å². The fourth-order valence-electron chi connectivity index (χ4n) is 1.94. The largest absolute Gasteiger partial charge is 0.388 e. The lowest BCUT2D eigenvalue weighted by atomic mass is 10.1. The van der Waals surface area contributed by atoms with E-state index >= 15 is 0 Å². The first-order valence-corrected chi connectivity index (χ1v) is 7.91. The van der Waals surface area contributed by atoms with Gasteiger partial charge in [0.25, 0.3) is 0 Å². The van der Waals surface area contributed by atoms with Crippen molar-refractivity contribution in [2.24, 2.45) is 0 Å². The van der Waals surface area contributed by atoms with E-state index in [1.54, 1.807) is 11.3 Å². The molecule has 17 heavy (non-hydrogen) atoms. The Hall–Kier alpha value is -0.0500. The van der Waals surface area contributed by atoms with E-state index in [4.69, 9.17) is 11.6 Å². The fourth-order valence-corrected chi connectivity index (χ4v) is 3.04. The van der Waals surface area contributed by atoms with Crippen molar-refractivity contribution >= 4 is 22.9 Å². The van der Waals surface area contributed by atoms with Crippen LogP contribution >= 0.6 is 22.9 Å². The molecule has 0 aliphatic heterocycles. The van der Waals surface area contributed by atoms with Crippen LogP contribution in [0.2, 0.25) is 5.02 Å². The molecule has 1 aromatic heterocycles. The quantitative estimate of drug-likeness (QED) is 0.583. The van der Waals surface area contributed by atoms with Crippen LogP contribution in [0.3, 0.4) is 0 Å². The monoisotopic (exact) mass is 274 g/mol. The van der Waals surface area contributed by atoms with Gasteiger partial charge < -0.3 is 5.11 Å². The summed E-state index contributed by atoms with van der Waals surface area (Å²) in [5.74, 6) is 0. The standard InChI is InChI=1S/C14H23ClOS/c1-2-3-4-5-6-7-8-9-13(16)14-10-12(15)11-17-14/h10-11,13,16H,2-9H2,1H3. The minimum Gasteiger partial charge on any atom is -0.388 e. The molecule has 0 fully saturated rings. The van der Waals surface area contributed by atoms with Gasteiger partial charge in [0.05, 0.1) is 11.1 Å². The van der Waals surface area contributed by atoms with E-state index in [-0.39, 0.29) is 6.10 Å². The van der Waals surface area contributed by atoms with E-state index < -0.39 is 0 Å². The lowest BCUT2D eigenvalue weighted by Gasteiger charge is -2.07. The van der Waals surface area contributed by atoms with E-state index in [9.17, 15) is 5.11 Å². The third-order valence-corrected chi connectivity index (χ3v) is 4.38. The molecular weight excluding hydrogens is 252 g/mol.